The van der Waals surface area contributed by atoms with E-state index in [1.807, 2.05) is 12.1 Å². The van der Waals surface area contributed by atoms with E-state index in [4.69, 9.17) is 9.47 Å². The minimum atomic E-state index is -4.41. The van der Waals surface area contributed by atoms with Gasteiger partial charge in [-0.1, -0.05) is 18.2 Å². The second-order valence-corrected chi connectivity index (χ2v) is 10.2. The molecule has 0 aliphatic carbocycles. The number of carbonyl (C=O) groups excluding carboxylic acids is 2. The van der Waals surface area contributed by atoms with Crippen molar-refractivity contribution in [3.8, 4) is 16.3 Å². The third-order valence-electron chi connectivity index (χ3n) is 6.07. The van der Waals surface area contributed by atoms with Crippen LogP contribution in [0.3, 0.4) is 0 Å². The summed E-state index contributed by atoms with van der Waals surface area (Å²) in [5.74, 6) is -0.143. The maximum Gasteiger partial charge on any atom is 0.416 e. The van der Waals surface area contributed by atoms with Crippen molar-refractivity contribution in [2.75, 3.05) is 13.2 Å². The second kappa shape index (κ2) is 10.2. The summed E-state index contributed by atoms with van der Waals surface area (Å²) < 4.78 is 49.7. The lowest BCUT2D eigenvalue weighted by molar-refractivity contribution is -0.158. The number of hydrogen-bond donors (Lipinski definition) is 0. The smallest absolute Gasteiger partial charge is 0.416 e. The number of carbonyl (C=O) groups is 2. The Morgan fingerprint density at radius 1 is 1.08 bits per heavy atom. The van der Waals surface area contributed by atoms with Gasteiger partial charge in [-0.2, -0.15) is 13.2 Å². The van der Waals surface area contributed by atoms with E-state index in [-0.39, 0.29) is 12.5 Å². The SMILES string of the molecule is CCOC(=O)C(C)(C)Oc1ccc2c(c1)CN(C(=O)c1sc(-c3ccc(C(F)(F)F)cc3)nc1C)CC2. The van der Waals surface area contributed by atoms with Crippen molar-refractivity contribution >= 4 is 23.2 Å². The van der Waals surface area contributed by atoms with Gasteiger partial charge in [0.25, 0.3) is 5.91 Å². The van der Waals surface area contributed by atoms with Gasteiger partial charge in [0, 0.05) is 18.7 Å². The van der Waals surface area contributed by atoms with E-state index in [9.17, 15) is 22.8 Å². The van der Waals surface area contributed by atoms with Crippen molar-refractivity contribution in [2.24, 2.45) is 0 Å². The molecule has 0 saturated heterocycles. The highest BCUT2D eigenvalue weighted by Crippen LogP contribution is 2.34. The molecular weight excluding hydrogens is 505 g/mol. The van der Waals surface area contributed by atoms with Crippen molar-refractivity contribution in [1.82, 2.24) is 9.88 Å². The molecule has 0 N–H and O–H groups in total. The van der Waals surface area contributed by atoms with Crippen molar-refractivity contribution < 1.29 is 32.2 Å². The molecule has 196 valence electrons. The number of benzene rings is 2. The summed E-state index contributed by atoms with van der Waals surface area (Å²) in [5.41, 5.74) is 1.17. The molecule has 0 spiro atoms. The predicted molar refractivity (Wildman–Crippen MR) is 134 cm³/mol. The van der Waals surface area contributed by atoms with Crippen LogP contribution in [0.25, 0.3) is 10.6 Å². The lowest BCUT2D eigenvalue weighted by Gasteiger charge is -2.30. The molecule has 2 aromatic carbocycles. The Morgan fingerprint density at radius 2 is 1.78 bits per heavy atom. The number of hydrogen-bond acceptors (Lipinski definition) is 6. The van der Waals surface area contributed by atoms with Gasteiger partial charge >= 0.3 is 12.1 Å². The molecule has 0 radical (unpaired) electrons. The number of rotatable bonds is 6. The summed E-state index contributed by atoms with van der Waals surface area (Å²) in [6, 6.07) is 10.3. The highest BCUT2D eigenvalue weighted by molar-refractivity contribution is 7.17. The van der Waals surface area contributed by atoms with E-state index in [1.165, 1.54) is 23.5 Å². The van der Waals surface area contributed by atoms with Gasteiger partial charge < -0.3 is 14.4 Å². The first kappa shape index (κ1) is 26.7. The molecule has 1 aromatic heterocycles. The van der Waals surface area contributed by atoms with Gasteiger partial charge in [-0.3, -0.25) is 4.79 Å². The number of fused-ring (bicyclic) bond motifs is 1. The van der Waals surface area contributed by atoms with E-state index in [1.54, 1.807) is 38.7 Å². The number of aromatic nitrogens is 1. The Bertz CT molecular complexity index is 1320. The van der Waals surface area contributed by atoms with Gasteiger partial charge in [-0.25, -0.2) is 9.78 Å². The number of amides is 1. The van der Waals surface area contributed by atoms with E-state index in [0.717, 1.165) is 23.3 Å². The van der Waals surface area contributed by atoms with Crippen LogP contribution in [0.1, 0.15) is 52.8 Å². The quantitative estimate of drug-likeness (QED) is 0.361. The Kier molecular flexibility index (Phi) is 7.32. The number of thiazole rings is 1. The maximum atomic E-state index is 13.4. The van der Waals surface area contributed by atoms with E-state index < -0.39 is 23.3 Å². The second-order valence-electron chi connectivity index (χ2n) is 9.25. The lowest BCUT2D eigenvalue weighted by Crippen LogP contribution is -2.40. The Hall–Kier alpha value is -3.40. The van der Waals surface area contributed by atoms with Crippen LogP contribution in [-0.2, 0) is 28.7 Å². The molecule has 1 amide bonds. The molecule has 0 atom stereocenters. The van der Waals surface area contributed by atoms with Crippen LogP contribution in [0.15, 0.2) is 42.5 Å². The first-order chi connectivity index (χ1) is 17.4. The topological polar surface area (TPSA) is 68.7 Å². The number of aryl methyl sites for hydroxylation is 1. The van der Waals surface area contributed by atoms with E-state index >= 15 is 0 Å². The fourth-order valence-electron chi connectivity index (χ4n) is 4.08. The molecule has 0 bridgehead atoms. The molecule has 4 rings (SSSR count). The zero-order chi connectivity index (χ0) is 27.0. The fraction of sp³-hybridized carbons (Fsp3) is 0.370. The number of esters is 1. The number of nitrogens with zero attached hydrogens (tertiary/aromatic N) is 2. The highest BCUT2D eigenvalue weighted by Gasteiger charge is 2.33. The molecule has 0 unspecified atom stereocenters. The van der Waals surface area contributed by atoms with Crippen molar-refractivity contribution in [3.05, 3.63) is 69.7 Å². The molecule has 0 fully saturated rings. The normalized spacial score (nSPS) is 13.8. The fourth-order valence-corrected chi connectivity index (χ4v) is 5.11. The van der Waals surface area contributed by atoms with Crippen LogP contribution in [0.4, 0.5) is 13.2 Å². The summed E-state index contributed by atoms with van der Waals surface area (Å²) >= 11 is 1.17. The summed E-state index contributed by atoms with van der Waals surface area (Å²) in [5, 5.41) is 0.490. The zero-order valence-electron chi connectivity index (χ0n) is 20.9. The monoisotopic (exact) mass is 532 g/mol. The molecule has 1 aliphatic rings. The highest BCUT2D eigenvalue weighted by atomic mass is 32.1. The average molecular weight is 533 g/mol. The first-order valence-corrected chi connectivity index (χ1v) is 12.6. The van der Waals surface area contributed by atoms with E-state index in [0.29, 0.717) is 46.4 Å². The Morgan fingerprint density at radius 3 is 2.43 bits per heavy atom. The minimum Gasteiger partial charge on any atom is -0.476 e. The Balaban J connectivity index is 1.51. The molecule has 3 aromatic rings. The van der Waals surface area contributed by atoms with Crippen LogP contribution in [0.2, 0.25) is 0 Å². The van der Waals surface area contributed by atoms with Gasteiger partial charge in [0.15, 0.2) is 5.60 Å². The van der Waals surface area contributed by atoms with Gasteiger partial charge in [-0.05, 0) is 69.5 Å². The lowest BCUT2D eigenvalue weighted by atomic mass is 9.99. The third kappa shape index (κ3) is 5.79. The summed E-state index contributed by atoms with van der Waals surface area (Å²) in [7, 11) is 0. The summed E-state index contributed by atoms with van der Waals surface area (Å²) in [4.78, 5) is 32.2. The average Bonchev–Trinajstić information content (AvgIpc) is 3.24. The molecular formula is C27H27F3N2O4S. The minimum absolute atomic E-state index is 0.183. The van der Waals surface area contributed by atoms with Crippen molar-refractivity contribution in [3.63, 3.8) is 0 Å². The number of ether oxygens (including phenoxy) is 2. The van der Waals surface area contributed by atoms with Gasteiger partial charge in [0.05, 0.1) is 17.9 Å². The van der Waals surface area contributed by atoms with Gasteiger partial charge in [-0.15, -0.1) is 11.3 Å². The first-order valence-electron chi connectivity index (χ1n) is 11.8. The summed E-state index contributed by atoms with van der Waals surface area (Å²) in [6.45, 7) is 7.87. The van der Waals surface area contributed by atoms with Crippen LogP contribution < -0.4 is 4.74 Å². The Labute approximate surface area is 217 Å². The zero-order valence-corrected chi connectivity index (χ0v) is 21.8. The molecule has 0 saturated carbocycles. The maximum absolute atomic E-state index is 13.4. The predicted octanol–water partition coefficient (Wildman–Crippen LogP) is 6.06. The molecule has 10 heteroatoms. The summed E-state index contributed by atoms with van der Waals surface area (Å²) in [6.07, 6.45) is -3.76. The third-order valence-corrected chi connectivity index (χ3v) is 7.26. The van der Waals surface area contributed by atoms with Gasteiger partial charge in [0.2, 0.25) is 0 Å². The van der Waals surface area contributed by atoms with Crippen molar-refractivity contribution in [2.45, 2.75) is 52.4 Å². The van der Waals surface area contributed by atoms with Crippen LogP contribution in [0, 0.1) is 6.92 Å². The van der Waals surface area contributed by atoms with Crippen LogP contribution in [-0.4, -0.2) is 40.5 Å². The molecule has 1 aliphatic heterocycles. The molecule has 6 nitrogen and oxygen atoms in total. The molecule has 37 heavy (non-hydrogen) atoms. The number of alkyl halides is 3. The standard InChI is InChI=1S/C27H27F3N2O4S/c1-5-35-25(34)26(3,4)36-21-11-8-17-12-13-32(15-19(17)14-21)24(33)22-16(2)31-23(37-22)18-6-9-20(10-7-18)27(28,29)30/h6-11,14H,5,12-13,15H2,1-4H3. The molecule has 2 heterocycles. The largest absolute Gasteiger partial charge is 0.476 e. The van der Waals surface area contributed by atoms with E-state index in [2.05, 4.69) is 4.98 Å². The van der Waals surface area contributed by atoms with Crippen molar-refractivity contribution in [1.29, 1.82) is 0 Å². The van der Waals surface area contributed by atoms with Crippen LogP contribution in [0.5, 0.6) is 5.75 Å². The van der Waals surface area contributed by atoms with Gasteiger partial charge in [0.1, 0.15) is 15.6 Å². The number of halogens is 3. The van der Waals surface area contributed by atoms with Crippen LogP contribution >= 0.6 is 11.3 Å².